The average molecular weight is 460 g/mol. The van der Waals surface area contributed by atoms with E-state index in [-0.39, 0.29) is 11.6 Å². The Kier molecular flexibility index (Phi) is 5.23. The van der Waals surface area contributed by atoms with Gasteiger partial charge in [0, 0.05) is 17.3 Å². The summed E-state index contributed by atoms with van der Waals surface area (Å²) in [6.45, 7) is 8.09. The number of hydrogen-bond acceptors (Lipinski definition) is 6. The molecule has 3 heterocycles. The van der Waals surface area contributed by atoms with Crippen LogP contribution >= 0.6 is 0 Å². The predicted octanol–water partition coefficient (Wildman–Crippen LogP) is 4.97. The molecule has 0 amide bonds. The Morgan fingerprint density at radius 2 is 1.79 bits per heavy atom. The summed E-state index contributed by atoms with van der Waals surface area (Å²) in [6, 6.07) is 5.35. The molecular formula is C23H28F3N7. The van der Waals surface area contributed by atoms with Crippen LogP contribution < -0.4 is 16.0 Å². The monoisotopic (exact) mass is 459 g/mol. The Bertz CT molecular complexity index is 1150. The molecule has 1 aliphatic heterocycles. The predicted molar refractivity (Wildman–Crippen MR) is 122 cm³/mol. The molecular weight excluding hydrogens is 431 g/mol. The van der Waals surface area contributed by atoms with Crippen molar-refractivity contribution in [2.24, 2.45) is 11.8 Å². The average Bonchev–Trinajstić information content (AvgIpc) is 3.38. The summed E-state index contributed by atoms with van der Waals surface area (Å²) in [4.78, 5) is 13.8. The molecule has 33 heavy (non-hydrogen) atoms. The minimum absolute atomic E-state index is 0.165. The number of anilines is 3. The highest BCUT2D eigenvalue weighted by Gasteiger charge is 2.39. The van der Waals surface area contributed by atoms with Gasteiger partial charge in [-0.05, 0) is 76.7 Å². The van der Waals surface area contributed by atoms with Gasteiger partial charge in [0.05, 0.1) is 11.8 Å². The van der Waals surface area contributed by atoms with E-state index < -0.39 is 11.7 Å². The molecule has 2 aliphatic rings. The lowest BCUT2D eigenvalue weighted by Gasteiger charge is -2.21. The minimum atomic E-state index is -4.41. The highest BCUT2D eigenvalue weighted by atomic mass is 19.4. The molecule has 2 atom stereocenters. The molecule has 2 aromatic heterocycles. The maximum Gasteiger partial charge on any atom is 0.416 e. The van der Waals surface area contributed by atoms with Crippen molar-refractivity contribution >= 4 is 28.7 Å². The fourth-order valence-electron chi connectivity index (χ4n) is 4.97. The zero-order valence-corrected chi connectivity index (χ0v) is 18.9. The first-order valence-electron chi connectivity index (χ1n) is 11.2. The zero-order valence-electron chi connectivity index (χ0n) is 18.9. The molecule has 5 rings (SSSR count). The molecule has 3 N–H and O–H groups in total. The van der Waals surface area contributed by atoms with Crippen molar-refractivity contribution in [3.8, 4) is 0 Å². The van der Waals surface area contributed by atoms with Crippen molar-refractivity contribution in [2.45, 2.75) is 51.4 Å². The molecule has 0 spiro atoms. The quantitative estimate of drug-likeness (QED) is 0.511. The van der Waals surface area contributed by atoms with Crippen LogP contribution in [0.2, 0.25) is 0 Å². The molecule has 3 aromatic rings. The van der Waals surface area contributed by atoms with Crippen LogP contribution in [-0.4, -0.2) is 38.1 Å². The molecule has 2 fully saturated rings. The van der Waals surface area contributed by atoms with Crippen LogP contribution in [0.15, 0.2) is 30.5 Å². The first kappa shape index (κ1) is 21.9. The van der Waals surface area contributed by atoms with Crippen LogP contribution in [0.4, 0.5) is 30.8 Å². The van der Waals surface area contributed by atoms with Gasteiger partial charge in [-0.3, -0.25) is 4.57 Å². The van der Waals surface area contributed by atoms with E-state index in [4.69, 9.17) is 4.98 Å². The van der Waals surface area contributed by atoms with E-state index in [0.717, 1.165) is 38.1 Å². The molecule has 1 aliphatic carbocycles. The van der Waals surface area contributed by atoms with E-state index in [9.17, 15) is 13.2 Å². The maximum atomic E-state index is 13.2. The van der Waals surface area contributed by atoms with Crippen LogP contribution in [-0.2, 0) is 6.18 Å². The largest absolute Gasteiger partial charge is 0.416 e. The van der Waals surface area contributed by atoms with Gasteiger partial charge in [-0.1, -0.05) is 6.07 Å². The van der Waals surface area contributed by atoms with Crippen molar-refractivity contribution < 1.29 is 13.2 Å². The number of hydrogen-bond donors (Lipinski definition) is 3. The number of imidazole rings is 1. The first-order valence-corrected chi connectivity index (χ1v) is 11.2. The molecule has 1 saturated carbocycles. The molecule has 1 saturated heterocycles. The van der Waals surface area contributed by atoms with Crippen LogP contribution in [0.1, 0.15) is 45.2 Å². The SMILES string of the molecule is CC(C)(C)Nc1ncc2nc(Nc3cccc(C(F)(F)F)c3)n(C3CC4CNCC4C3)c2n1. The van der Waals surface area contributed by atoms with Crippen molar-refractivity contribution in [1.82, 2.24) is 24.8 Å². The number of rotatable bonds is 4. The number of nitrogens with zero attached hydrogens (tertiary/aromatic N) is 4. The van der Waals surface area contributed by atoms with E-state index in [1.807, 2.05) is 20.8 Å². The standard InChI is InChI=1S/C23H28F3N7/c1-22(2,3)32-20-28-12-18-19(31-20)33(17-7-13-10-27-11-14(13)8-17)21(30-18)29-16-6-4-5-15(9-16)23(24,25)26/h4-6,9,12-14,17,27H,7-8,10-11H2,1-3H3,(H,29,30)(H,28,31,32). The Morgan fingerprint density at radius 1 is 1.06 bits per heavy atom. The molecule has 1 aromatic carbocycles. The summed E-state index contributed by atoms with van der Waals surface area (Å²) >= 11 is 0. The van der Waals surface area contributed by atoms with E-state index in [1.165, 1.54) is 6.07 Å². The number of alkyl halides is 3. The fourth-order valence-corrected chi connectivity index (χ4v) is 4.97. The van der Waals surface area contributed by atoms with Gasteiger partial charge in [0.2, 0.25) is 11.9 Å². The normalized spacial score (nSPS) is 23.2. The molecule has 0 bridgehead atoms. The van der Waals surface area contributed by atoms with Gasteiger partial charge in [0.15, 0.2) is 5.65 Å². The van der Waals surface area contributed by atoms with E-state index in [0.29, 0.717) is 40.6 Å². The van der Waals surface area contributed by atoms with Crippen LogP contribution in [0.25, 0.3) is 11.2 Å². The lowest BCUT2D eigenvalue weighted by Crippen LogP contribution is -2.27. The van der Waals surface area contributed by atoms with Gasteiger partial charge in [0.1, 0.15) is 5.52 Å². The van der Waals surface area contributed by atoms with Crippen molar-refractivity contribution in [2.75, 3.05) is 23.7 Å². The molecule has 7 nitrogen and oxygen atoms in total. The Balaban J connectivity index is 1.56. The van der Waals surface area contributed by atoms with Crippen LogP contribution in [0.3, 0.4) is 0 Å². The molecule has 176 valence electrons. The summed E-state index contributed by atoms with van der Waals surface area (Å²) in [5.41, 5.74) is 0.715. The second-order valence-electron chi connectivity index (χ2n) is 10.1. The van der Waals surface area contributed by atoms with Gasteiger partial charge < -0.3 is 16.0 Å². The number of halogens is 3. The first-order chi connectivity index (χ1) is 15.6. The van der Waals surface area contributed by atoms with Gasteiger partial charge in [-0.15, -0.1) is 0 Å². The van der Waals surface area contributed by atoms with E-state index >= 15 is 0 Å². The van der Waals surface area contributed by atoms with Gasteiger partial charge in [-0.2, -0.15) is 18.2 Å². The Labute approximate surface area is 190 Å². The van der Waals surface area contributed by atoms with Gasteiger partial charge in [0.25, 0.3) is 0 Å². The zero-order chi connectivity index (χ0) is 23.4. The number of benzene rings is 1. The second-order valence-corrected chi connectivity index (χ2v) is 10.1. The summed E-state index contributed by atoms with van der Waals surface area (Å²) in [5, 5.41) is 9.88. The van der Waals surface area contributed by atoms with Crippen molar-refractivity contribution in [1.29, 1.82) is 0 Å². The highest BCUT2D eigenvalue weighted by Crippen LogP contribution is 2.44. The summed E-state index contributed by atoms with van der Waals surface area (Å²) in [5.74, 6) is 2.16. The maximum absolute atomic E-state index is 13.2. The summed E-state index contributed by atoms with van der Waals surface area (Å²) in [7, 11) is 0. The fraction of sp³-hybridized carbons (Fsp3) is 0.522. The van der Waals surface area contributed by atoms with Crippen LogP contribution in [0.5, 0.6) is 0 Å². The number of fused-ring (bicyclic) bond motifs is 2. The molecule has 10 heteroatoms. The Morgan fingerprint density at radius 3 is 2.45 bits per heavy atom. The third kappa shape index (κ3) is 4.48. The third-order valence-electron chi connectivity index (χ3n) is 6.36. The number of aromatic nitrogens is 4. The smallest absolute Gasteiger partial charge is 0.350 e. The number of nitrogens with one attached hydrogen (secondary N) is 3. The topological polar surface area (TPSA) is 79.7 Å². The third-order valence-corrected chi connectivity index (χ3v) is 6.36. The Hall–Kier alpha value is -2.88. The lowest BCUT2D eigenvalue weighted by molar-refractivity contribution is -0.137. The van der Waals surface area contributed by atoms with Crippen molar-refractivity contribution in [3.05, 3.63) is 36.0 Å². The van der Waals surface area contributed by atoms with E-state index in [1.54, 1.807) is 12.3 Å². The lowest BCUT2D eigenvalue weighted by atomic mass is 10.0. The second kappa shape index (κ2) is 7.86. The minimum Gasteiger partial charge on any atom is -0.350 e. The van der Waals surface area contributed by atoms with Crippen molar-refractivity contribution in [3.63, 3.8) is 0 Å². The molecule has 2 unspecified atom stereocenters. The van der Waals surface area contributed by atoms with Gasteiger partial charge in [-0.25, -0.2) is 9.97 Å². The van der Waals surface area contributed by atoms with E-state index in [2.05, 4.69) is 30.5 Å². The highest BCUT2D eigenvalue weighted by molar-refractivity contribution is 5.76. The van der Waals surface area contributed by atoms with Crippen LogP contribution in [0, 0.1) is 11.8 Å². The summed E-state index contributed by atoms with van der Waals surface area (Å²) in [6.07, 6.45) is -0.785. The van der Waals surface area contributed by atoms with Gasteiger partial charge >= 0.3 is 6.18 Å². The summed E-state index contributed by atoms with van der Waals surface area (Å²) < 4.78 is 41.8. The molecule has 0 radical (unpaired) electrons.